The van der Waals surface area contributed by atoms with Crippen LogP contribution in [0.15, 0.2) is 24.3 Å². The molecule has 1 rings (SSSR count). The van der Waals surface area contributed by atoms with Crippen LogP contribution < -0.4 is 10.1 Å². The standard InChI is InChI=1S/C13H19NO3/c1-4-12(15)10-5-7-11(8-6-10)17-9(2)13(16)14-3/h5-9,12,15H,4H2,1-3H3,(H,14,16). The maximum atomic E-state index is 11.3. The first-order valence-electron chi connectivity index (χ1n) is 5.74. The van der Waals surface area contributed by atoms with Gasteiger partial charge < -0.3 is 15.2 Å². The van der Waals surface area contributed by atoms with Crippen molar-refractivity contribution in [1.29, 1.82) is 0 Å². The molecule has 2 atom stereocenters. The van der Waals surface area contributed by atoms with E-state index in [1.165, 1.54) is 0 Å². The fourth-order valence-electron chi connectivity index (χ4n) is 1.47. The third-order valence-electron chi connectivity index (χ3n) is 2.58. The zero-order valence-corrected chi connectivity index (χ0v) is 10.4. The van der Waals surface area contributed by atoms with Crippen molar-refractivity contribution in [3.8, 4) is 5.75 Å². The number of amides is 1. The number of hydrogen-bond acceptors (Lipinski definition) is 3. The Labute approximate surface area is 102 Å². The lowest BCUT2D eigenvalue weighted by atomic mass is 10.1. The maximum Gasteiger partial charge on any atom is 0.260 e. The normalized spacial score (nSPS) is 13.9. The molecule has 94 valence electrons. The molecule has 0 heterocycles. The van der Waals surface area contributed by atoms with Gasteiger partial charge in [-0.05, 0) is 31.0 Å². The van der Waals surface area contributed by atoms with E-state index in [0.29, 0.717) is 12.2 Å². The average Bonchev–Trinajstić information content (AvgIpc) is 2.37. The van der Waals surface area contributed by atoms with Crippen LogP contribution in [0.5, 0.6) is 5.75 Å². The number of carbonyl (C=O) groups is 1. The molecule has 0 aliphatic heterocycles. The summed E-state index contributed by atoms with van der Waals surface area (Å²) in [6.45, 7) is 3.61. The number of hydrogen-bond donors (Lipinski definition) is 2. The molecule has 0 spiro atoms. The van der Waals surface area contributed by atoms with Crippen molar-refractivity contribution in [3.05, 3.63) is 29.8 Å². The zero-order valence-electron chi connectivity index (χ0n) is 10.4. The molecule has 4 heteroatoms. The second kappa shape index (κ2) is 6.25. The molecule has 0 radical (unpaired) electrons. The molecule has 0 aromatic heterocycles. The lowest BCUT2D eigenvalue weighted by molar-refractivity contribution is -0.126. The Kier molecular flexibility index (Phi) is 4.97. The SMILES string of the molecule is CCC(O)c1ccc(OC(C)C(=O)NC)cc1. The van der Waals surface area contributed by atoms with Gasteiger partial charge in [0.2, 0.25) is 0 Å². The van der Waals surface area contributed by atoms with Gasteiger partial charge in [-0.2, -0.15) is 0 Å². The van der Waals surface area contributed by atoms with Gasteiger partial charge in [-0.3, -0.25) is 4.79 Å². The molecular formula is C13H19NO3. The van der Waals surface area contributed by atoms with Crippen LogP contribution in [-0.4, -0.2) is 24.2 Å². The van der Waals surface area contributed by atoms with Crippen molar-refractivity contribution in [2.75, 3.05) is 7.05 Å². The summed E-state index contributed by atoms with van der Waals surface area (Å²) in [7, 11) is 1.57. The summed E-state index contributed by atoms with van der Waals surface area (Å²) in [4.78, 5) is 11.3. The van der Waals surface area contributed by atoms with Crippen LogP contribution in [-0.2, 0) is 4.79 Å². The highest BCUT2D eigenvalue weighted by Gasteiger charge is 2.12. The molecule has 1 amide bonds. The third-order valence-corrected chi connectivity index (χ3v) is 2.58. The van der Waals surface area contributed by atoms with Gasteiger partial charge >= 0.3 is 0 Å². The molecule has 17 heavy (non-hydrogen) atoms. The molecule has 0 aliphatic carbocycles. The fourth-order valence-corrected chi connectivity index (χ4v) is 1.47. The highest BCUT2D eigenvalue weighted by Crippen LogP contribution is 2.20. The number of nitrogens with one attached hydrogen (secondary N) is 1. The van der Waals surface area contributed by atoms with Gasteiger partial charge in [0.15, 0.2) is 6.10 Å². The second-order valence-electron chi connectivity index (χ2n) is 3.87. The summed E-state index contributed by atoms with van der Waals surface area (Å²) in [5.41, 5.74) is 0.854. The molecule has 1 aromatic rings. The zero-order chi connectivity index (χ0) is 12.8. The molecular weight excluding hydrogens is 218 g/mol. The van der Waals surface area contributed by atoms with Gasteiger partial charge in [-0.25, -0.2) is 0 Å². The van der Waals surface area contributed by atoms with Crippen LogP contribution in [0, 0.1) is 0 Å². The quantitative estimate of drug-likeness (QED) is 0.818. The van der Waals surface area contributed by atoms with Crippen LogP contribution in [0.25, 0.3) is 0 Å². The summed E-state index contributed by atoms with van der Waals surface area (Å²) in [6, 6.07) is 7.13. The van der Waals surface area contributed by atoms with Gasteiger partial charge in [0.05, 0.1) is 6.10 Å². The maximum absolute atomic E-state index is 11.3. The minimum Gasteiger partial charge on any atom is -0.481 e. The molecule has 0 saturated heterocycles. The lowest BCUT2D eigenvalue weighted by Gasteiger charge is -2.14. The second-order valence-corrected chi connectivity index (χ2v) is 3.87. The van der Waals surface area contributed by atoms with E-state index >= 15 is 0 Å². The van der Waals surface area contributed by atoms with Gasteiger partial charge in [0, 0.05) is 7.05 Å². The van der Waals surface area contributed by atoms with E-state index in [0.717, 1.165) is 5.56 Å². The Morgan fingerprint density at radius 2 is 2.00 bits per heavy atom. The van der Waals surface area contributed by atoms with E-state index in [1.807, 2.05) is 6.92 Å². The number of aliphatic hydroxyl groups excluding tert-OH is 1. The van der Waals surface area contributed by atoms with Crippen molar-refractivity contribution < 1.29 is 14.6 Å². The molecule has 2 unspecified atom stereocenters. The number of likely N-dealkylation sites (N-methyl/N-ethyl adjacent to an activating group) is 1. The number of ether oxygens (including phenoxy) is 1. The Hall–Kier alpha value is -1.55. The van der Waals surface area contributed by atoms with E-state index in [-0.39, 0.29) is 5.91 Å². The Morgan fingerprint density at radius 1 is 1.41 bits per heavy atom. The van der Waals surface area contributed by atoms with Crippen molar-refractivity contribution >= 4 is 5.91 Å². The fraction of sp³-hybridized carbons (Fsp3) is 0.462. The van der Waals surface area contributed by atoms with Crippen molar-refractivity contribution in [3.63, 3.8) is 0 Å². The average molecular weight is 237 g/mol. The summed E-state index contributed by atoms with van der Waals surface area (Å²) in [5, 5.41) is 12.1. The molecule has 4 nitrogen and oxygen atoms in total. The molecule has 0 aliphatic rings. The number of aliphatic hydroxyl groups is 1. The number of carbonyl (C=O) groups excluding carboxylic acids is 1. The van der Waals surface area contributed by atoms with E-state index in [2.05, 4.69) is 5.32 Å². The Morgan fingerprint density at radius 3 is 2.47 bits per heavy atom. The third kappa shape index (κ3) is 3.75. The van der Waals surface area contributed by atoms with Crippen molar-refractivity contribution in [2.24, 2.45) is 0 Å². The molecule has 2 N–H and O–H groups in total. The van der Waals surface area contributed by atoms with Gasteiger partial charge in [0.25, 0.3) is 5.91 Å². The number of benzene rings is 1. The first-order chi connectivity index (χ1) is 8.08. The van der Waals surface area contributed by atoms with Crippen LogP contribution in [0.3, 0.4) is 0 Å². The summed E-state index contributed by atoms with van der Waals surface area (Å²) in [6.07, 6.45) is -0.295. The van der Waals surface area contributed by atoms with Crippen LogP contribution in [0.4, 0.5) is 0 Å². The van der Waals surface area contributed by atoms with E-state index in [9.17, 15) is 9.90 Å². The van der Waals surface area contributed by atoms with Crippen molar-refractivity contribution in [2.45, 2.75) is 32.5 Å². The molecule has 1 aromatic carbocycles. The summed E-state index contributed by atoms with van der Waals surface area (Å²) >= 11 is 0. The van der Waals surface area contributed by atoms with Crippen LogP contribution in [0.2, 0.25) is 0 Å². The predicted molar refractivity (Wildman–Crippen MR) is 65.8 cm³/mol. The molecule has 0 bridgehead atoms. The highest BCUT2D eigenvalue weighted by molar-refractivity contribution is 5.80. The minimum atomic E-state index is -0.526. The van der Waals surface area contributed by atoms with Crippen molar-refractivity contribution in [1.82, 2.24) is 5.32 Å². The Bertz CT molecular complexity index is 361. The highest BCUT2D eigenvalue weighted by atomic mass is 16.5. The predicted octanol–water partition coefficient (Wildman–Crippen LogP) is 1.64. The molecule has 0 fully saturated rings. The Balaban J connectivity index is 2.65. The van der Waals surface area contributed by atoms with Crippen LogP contribution in [0.1, 0.15) is 31.9 Å². The van der Waals surface area contributed by atoms with Gasteiger partial charge in [0.1, 0.15) is 5.75 Å². The topological polar surface area (TPSA) is 58.6 Å². The minimum absolute atomic E-state index is 0.164. The van der Waals surface area contributed by atoms with Gasteiger partial charge in [-0.15, -0.1) is 0 Å². The van der Waals surface area contributed by atoms with E-state index < -0.39 is 12.2 Å². The lowest BCUT2D eigenvalue weighted by Crippen LogP contribution is -2.33. The monoisotopic (exact) mass is 237 g/mol. The summed E-state index contributed by atoms with van der Waals surface area (Å²) in [5.74, 6) is 0.454. The summed E-state index contributed by atoms with van der Waals surface area (Å²) < 4.78 is 5.44. The first-order valence-corrected chi connectivity index (χ1v) is 5.74. The molecule has 0 saturated carbocycles. The smallest absolute Gasteiger partial charge is 0.260 e. The number of rotatable bonds is 5. The first kappa shape index (κ1) is 13.5. The van der Waals surface area contributed by atoms with E-state index in [1.54, 1.807) is 38.2 Å². The van der Waals surface area contributed by atoms with E-state index in [4.69, 9.17) is 4.74 Å². The van der Waals surface area contributed by atoms with Crippen LogP contribution >= 0.6 is 0 Å². The largest absolute Gasteiger partial charge is 0.481 e. The van der Waals surface area contributed by atoms with Gasteiger partial charge in [-0.1, -0.05) is 19.1 Å².